The SMILES string of the molecule is C[C@](O)(C(=O)Nc1ccc2c(N)noc2c1)[C@H]1OCCN(c2ccn(-c3cnnc(C(F)(F)F)c3)n2)C1=O. The van der Waals surface area contributed by atoms with Gasteiger partial charge in [0, 0.05) is 24.0 Å². The average molecular weight is 532 g/mol. The Morgan fingerprint density at radius 3 is 2.82 bits per heavy atom. The number of rotatable bonds is 5. The molecule has 3 aromatic heterocycles. The van der Waals surface area contributed by atoms with E-state index in [4.69, 9.17) is 15.0 Å². The van der Waals surface area contributed by atoms with Crippen molar-refractivity contribution in [3.05, 3.63) is 48.4 Å². The van der Waals surface area contributed by atoms with E-state index >= 15 is 0 Å². The number of morpholine rings is 1. The highest BCUT2D eigenvalue weighted by molar-refractivity contribution is 6.06. The Morgan fingerprint density at radius 1 is 1.26 bits per heavy atom. The first-order chi connectivity index (χ1) is 17.9. The zero-order valence-electron chi connectivity index (χ0n) is 19.5. The maximum atomic E-state index is 13.2. The lowest BCUT2D eigenvalue weighted by atomic mass is 9.95. The Labute approximate surface area is 210 Å². The lowest BCUT2D eigenvalue weighted by Gasteiger charge is -2.37. The molecule has 0 radical (unpaired) electrons. The fourth-order valence-corrected chi connectivity index (χ4v) is 3.85. The monoisotopic (exact) mass is 532 g/mol. The molecule has 1 fully saturated rings. The van der Waals surface area contributed by atoms with Gasteiger partial charge in [0.15, 0.2) is 34.6 Å². The van der Waals surface area contributed by atoms with Crippen LogP contribution in [0.5, 0.6) is 0 Å². The Morgan fingerprint density at radius 2 is 2.05 bits per heavy atom. The first-order valence-electron chi connectivity index (χ1n) is 11.0. The molecule has 0 saturated carbocycles. The van der Waals surface area contributed by atoms with Crippen LogP contribution < -0.4 is 16.0 Å². The highest BCUT2D eigenvalue weighted by Crippen LogP contribution is 2.29. The number of aromatic nitrogens is 5. The number of hydrogen-bond donors (Lipinski definition) is 3. The van der Waals surface area contributed by atoms with E-state index in [0.717, 1.165) is 28.8 Å². The molecule has 198 valence electrons. The lowest BCUT2D eigenvalue weighted by molar-refractivity contribution is -0.165. The Hall–Kier alpha value is -4.57. The molecule has 0 unspecified atom stereocenters. The predicted octanol–water partition coefficient (Wildman–Crippen LogP) is 1.53. The maximum Gasteiger partial charge on any atom is 0.435 e. The van der Waals surface area contributed by atoms with Crippen molar-refractivity contribution < 1.29 is 37.1 Å². The van der Waals surface area contributed by atoms with Gasteiger partial charge in [0.1, 0.15) is 0 Å². The van der Waals surface area contributed by atoms with Crippen LogP contribution in [0.1, 0.15) is 12.6 Å². The molecular formula is C22H19F3N8O5. The van der Waals surface area contributed by atoms with Crippen molar-refractivity contribution in [2.24, 2.45) is 0 Å². The van der Waals surface area contributed by atoms with Crippen molar-refractivity contribution in [3.63, 3.8) is 0 Å². The van der Waals surface area contributed by atoms with Gasteiger partial charge in [0.05, 0.1) is 30.4 Å². The van der Waals surface area contributed by atoms with Gasteiger partial charge in [-0.1, -0.05) is 5.16 Å². The van der Waals surface area contributed by atoms with Crippen LogP contribution >= 0.6 is 0 Å². The van der Waals surface area contributed by atoms with Crippen LogP contribution in [0, 0.1) is 0 Å². The summed E-state index contributed by atoms with van der Waals surface area (Å²) in [6.07, 6.45) is -3.89. The number of amides is 2. The Balaban J connectivity index is 1.34. The number of halogens is 3. The molecule has 1 aliphatic rings. The van der Waals surface area contributed by atoms with Crippen molar-refractivity contribution in [3.8, 4) is 5.69 Å². The van der Waals surface area contributed by atoms with Gasteiger partial charge in [0.25, 0.3) is 11.8 Å². The summed E-state index contributed by atoms with van der Waals surface area (Å²) in [6.45, 7) is 1.10. The molecule has 38 heavy (non-hydrogen) atoms. The van der Waals surface area contributed by atoms with Gasteiger partial charge in [-0.05, 0) is 25.1 Å². The molecule has 1 saturated heterocycles. The van der Waals surface area contributed by atoms with Crippen LogP contribution in [0.25, 0.3) is 16.7 Å². The van der Waals surface area contributed by atoms with Gasteiger partial charge in [-0.2, -0.15) is 18.3 Å². The second kappa shape index (κ2) is 9.07. The average Bonchev–Trinajstić information content (AvgIpc) is 3.51. The van der Waals surface area contributed by atoms with E-state index in [-0.39, 0.29) is 36.2 Å². The number of carbonyl (C=O) groups excluding carboxylic acids is 2. The van der Waals surface area contributed by atoms with E-state index < -0.39 is 35.4 Å². The van der Waals surface area contributed by atoms with E-state index in [1.165, 1.54) is 24.4 Å². The number of anilines is 3. The molecule has 1 aromatic carbocycles. The fourth-order valence-electron chi connectivity index (χ4n) is 3.85. The van der Waals surface area contributed by atoms with Crippen LogP contribution in [0.4, 0.5) is 30.5 Å². The van der Waals surface area contributed by atoms with E-state index in [9.17, 15) is 27.9 Å². The number of nitrogen functional groups attached to an aromatic ring is 1. The summed E-state index contributed by atoms with van der Waals surface area (Å²) >= 11 is 0. The zero-order valence-corrected chi connectivity index (χ0v) is 19.5. The molecule has 4 aromatic rings. The molecule has 2 atom stereocenters. The normalized spacial score (nSPS) is 18.0. The number of ether oxygens (including phenoxy) is 1. The van der Waals surface area contributed by atoms with Crippen LogP contribution in [0.3, 0.4) is 0 Å². The molecule has 5 rings (SSSR count). The minimum atomic E-state index is -4.70. The molecule has 0 spiro atoms. The summed E-state index contributed by atoms with van der Waals surface area (Å²) in [4.78, 5) is 27.4. The second-order valence-corrected chi connectivity index (χ2v) is 8.54. The number of fused-ring (bicyclic) bond motifs is 1. The highest BCUT2D eigenvalue weighted by Gasteiger charge is 2.49. The van der Waals surface area contributed by atoms with Crippen molar-refractivity contribution in [2.75, 3.05) is 29.1 Å². The van der Waals surface area contributed by atoms with Crippen LogP contribution in [-0.4, -0.2) is 66.9 Å². The molecular weight excluding hydrogens is 513 g/mol. The van der Waals surface area contributed by atoms with Crippen molar-refractivity contribution in [1.82, 2.24) is 25.1 Å². The van der Waals surface area contributed by atoms with Crippen LogP contribution in [-0.2, 0) is 20.5 Å². The number of carbonyl (C=O) groups is 2. The third-order valence-corrected chi connectivity index (χ3v) is 5.86. The molecule has 0 bridgehead atoms. The van der Waals surface area contributed by atoms with Gasteiger partial charge in [-0.15, -0.1) is 10.2 Å². The smallest absolute Gasteiger partial charge is 0.380 e. The van der Waals surface area contributed by atoms with Crippen molar-refractivity contribution in [1.29, 1.82) is 0 Å². The molecule has 16 heteroatoms. The fraction of sp³-hybridized carbons (Fsp3) is 0.273. The molecule has 13 nitrogen and oxygen atoms in total. The zero-order chi connectivity index (χ0) is 27.2. The number of nitrogens with zero attached hydrogens (tertiary/aromatic N) is 6. The third-order valence-electron chi connectivity index (χ3n) is 5.86. The summed E-state index contributed by atoms with van der Waals surface area (Å²) in [6, 6.07) is 6.69. The lowest BCUT2D eigenvalue weighted by Crippen LogP contribution is -2.61. The van der Waals surface area contributed by atoms with Crippen molar-refractivity contribution in [2.45, 2.75) is 24.8 Å². The topological polar surface area (TPSA) is 175 Å². The number of benzene rings is 1. The molecule has 4 N–H and O–H groups in total. The van der Waals surface area contributed by atoms with Crippen LogP contribution in [0.15, 0.2) is 47.2 Å². The largest absolute Gasteiger partial charge is 0.435 e. The molecule has 0 aliphatic carbocycles. The Kier molecular flexibility index (Phi) is 5.99. The van der Waals surface area contributed by atoms with Gasteiger partial charge in [0.2, 0.25) is 0 Å². The summed E-state index contributed by atoms with van der Waals surface area (Å²) in [5.41, 5.74) is 2.68. The number of aliphatic hydroxyl groups is 1. The Bertz CT molecular complexity index is 1530. The summed E-state index contributed by atoms with van der Waals surface area (Å²) in [7, 11) is 0. The van der Waals surface area contributed by atoms with E-state index in [0.29, 0.717) is 11.0 Å². The number of nitrogens with two attached hydrogens (primary N) is 1. The summed E-state index contributed by atoms with van der Waals surface area (Å²) < 4.78 is 50.6. The number of hydrogen-bond acceptors (Lipinski definition) is 10. The molecule has 2 amide bonds. The van der Waals surface area contributed by atoms with Gasteiger partial charge >= 0.3 is 6.18 Å². The van der Waals surface area contributed by atoms with Gasteiger partial charge in [-0.25, -0.2) is 4.68 Å². The van der Waals surface area contributed by atoms with E-state index in [1.54, 1.807) is 6.07 Å². The van der Waals surface area contributed by atoms with Gasteiger partial charge < -0.3 is 25.4 Å². The predicted molar refractivity (Wildman–Crippen MR) is 124 cm³/mol. The minimum absolute atomic E-state index is 0.0238. The minimum Gasteiger partial charge on any atom is -0.380 e. The van der Waals surface area contributed by atoms with E-state index in [1.807, 2.05) is 0 Å². The highest BCUT2D eigenvalue weighted by atomic mass is 19.4. The number of alkyl halides is 3. The maximum absolute atomic E-state index is 13.2. The quantitative estimate of drug-likeness (QED) is 0.342. The first-order valence-corrected chi connectivity index (χ1v) is 11.0. The number of nitrogens with one attached hydrogen (secondary N) is 1. The van der Waals surface area contributed by atoms with Crippen molar-refractivity contribution >= 4 is 40.1 Å². The summed E-state index contributed by atoms with van der Waals surface area (Å²) in [5, 5.41) is 28.3. The first kappa shape index (κ1) is 25.1. The standard InChI is InChI=1S/C22H19F3N8O5/c1-21(36,20(35)28-11-2-3-13-14(8-11)38-31-18(13)26)17-19(34)32(6-7-37-17)16-4-5-33(30-16)12-9-15(22(23,24)25)29-27-10-12/h2-5,8-10,17,36H,6-7H2,1H3,(H2,26,31)(H,28,35)/t17-,21+/m0/s1. The third kappa shape index (κ3) is 4.50. The van der Waals surface area contributed by atoms with Gasteiger partial charge in [-0.3, -0.25) is 14.5 Å². The molecule has 4 heterocycles. The van der Waals surface area contributed by atoms with E-state index in [2.05, 4.69) is 25.8 Å². The molecule has 1 aliphatic heterocycles. The summed E-state index contributed by atoms with van der Waals surface area (Å²) in [5.74, 6) is -1.46. The van der Waals surface area contributed by atoms with Crippen LogP contribution in [0.2, 0.25) is 0 Å². The second-order valence-electron chi connectivity index (χ2n) is 8.54.